The van der Waals surface area contributed by atoms with E-state index >= 15 is 0 Å². The zero-order chi connectivity index (χ0) is 14.8. The molecule has 6 heteroatoms. The van der Waals surface area contributed by atoms with E-state index in [0.717, 1.165) is 12.2 Å². The summed E-state index contributed by atoms with van der Waals surface area (Å²) in [5.41, 5.74) is 0. The van der Waals surface area contributed by atoms with E-state index in [2.05, 4.69) is 34.3 Å². The molecule has 1 heterocycles. The number of nitrogens with zero attached hydrogens (tertiary/aromatic N) is 2. The zero-order valence-corrected chi connectivity index (χ0v) is 13.6. The molecule has 5 nitrogen and oxygen atoms in total. The Balaban J connectivity index is 1.45. The predicted molar refractivity (Wildman–Crippen MR) is 83.2 cm³/mol. The van der Waals surface area contributed by atoms with Crippen LogP contribution in [0.25, 0.3) is 0 Å². The molecule has 1 aromatic heterocycles. The number of thioether (sulfide) groups is 1. The fourth-order valence-corrected chi connectivity index (χ4v) is 3.64. The summed E-state index contributed by atoms with van der Waals surface area (Å²) in [6.07, 6.45) is 6.02. The van der Waals surface area contributed by atoms with Crippen molar-refractivity contribution in [1.29, 1.82) is 0 Å². The average Bonchev–Trinajstić information content (AvgIpc) is 3.21. The summed E-state index contributed by atoms with van der Waals surface area (Å²) < 4.78 is 0. The molecule has 0 spiro atoms. The minimum Gasteiger partial charge on any atom is -0.352 e. The van der Waals surface area contributed by atoms with Crippen molar-refractivity contribution in [2.24, 2.45) is 11.8 Å². The van der Waals surface area contributed by atoms with Crippen LogP contribution in [0.15, 0.2) is 5.16 Å². The van der Waals surface area contributed by atoms with Gasteiger partial charge in [0.1, 0.15) is 5.82 Å². The van der Waals surface area contributed by atoms with Gasteiger partial charge in [-0.2, -0.15) is 0 Å². The maximum Gasteiger partial charge on any atom is 0.230 e. The van der Waals surface area contributed by atoms with Crippen molar-refractivity contribution in [1.82, 2.24) is 20.5 Å². The number of hydrogen-bond acceptors (Lipinski definition) is 4. The van der Waals surface area contributed by atoms with Crippen LogP contribution in [0.5, 0.6) is 0 Å². The van der Waals surface area contributed by atoms with E-state index < -0.39 is 0 Å². The Morgan fingerprint density at radius 3 is 2.90 bits per heavy atom. The molecule has 2 fully saturated rings. The Hall–Kier alpha value is -1.04. The first-order chi connectivity index (χ1) is 10.1. The summed E-state index contributed by atoms with van der Waals surface area (Å²) in [5.74, 6) is 3.32. The lowest BCUT2D eigenvalue weighted by molar-refractivity contribution is -0.120. The van der Waals surface area contributed by atoms with Gasteiger partial charge in [0.05, 0.1) is 5.75 Å². The molecule has 1 aromatic rings. The second-order valence-corrected chi connectivity index (χ2v) is 7.45. The highest BCUT2D eigenvalue weighted by atomic mass is 32.2. The summed E-state index contributed by atoms with van der Waals surface area (Å²) in [7, 11) is 0. The van der Waals surface area contributed by atoms with Crippen molar-refractivity contribution in [2.45, 2.75) is 63.1 Å². The third-order valence-corrected chi connectivity index (χ3v) is 5.68. The Kier molecular flexibility index (Phi) is 4.52. The van der Waals surface area contributed by atoms with Crippen molar-refractivity contribution in [2.75, 3.05) is 5.75 Å². The van der Waals surface area contributed by atoms with E-state index in [1.165, 1.54) is 37.4 Å². The monoisotopic (exact) mass is 308 g/mol. The van der Waals surface area contributed by atoms with Gasteiger partial charge in [-0.05, 0) is 31.1 Å². The van der Waals surface area contributed by atoms with Crippen molar-refractivity contribution >= 4 is 17.7 Å². The standard InChI is InChI=1S/C15H24N4OS/c1-9-4-3-5-12(10(9)2)16-13(20)8-21-15-17-14(18-19-15)11-6-7-11/h9-12H,3-8H2,1-2H3,(H,16,20)(H,17,18,19). The topological polar surface area (TPSA) is 70.7 Å². The number of aromatic nitrogens is 3. The molecule has 2 saturated carbocycles. The summed E-state index contributed by atoms with van der Waals surface area (Å²) in [4.78, 5) is 16.5. The molecule has 1 amide bonds. The highest BCUT2D eigenvalue weighted by Crippen LogP contribution is 2.38. The highest BCUT2D eigenvalue weighted by Gasteiger charge is 2.29. The lowest BCUT2D eigenvalue weighted by atomic mass is 9.78. The van der Waals surface area contributed by atoms with Crippen LogP contribution in [0, 0.1) is 11.8 Å². The lowest BCUT2D eigenvalue weighted by Crippen LogP contribution is -2.44. The molecule has 3 unspecified atom stereocenters. The average molecular weight is 308 g/mol. The van der Waals surface area contributed by atoms with Gasteiger partial charge < -0.3 is 5.32 Å². The number of carbonyl (C=O) groups is 1. The van der Waals surface area contributed by atoms with Gasteiger partial charge in [0, 0.05) is 12.0 Å². The minimum atomic E-state index is 0.101. The smallest absolute Gasteiger partial charge is 0.230 e. The van der Waals surface area contributed by atoms with E-state index in [-0.39, 0.29) is 5.91 Å². The van der Waals surface area contributed by atoms with Crippen LogP contribution < -0.4 is 5.32 Å². The predicted octanol–water partition coefficient (Wildman–Crippen LogP) is 2.72. The SMILES string of the molecule is CC1CCCC(NC(=O)CSc2n[nH]c(C3CC3)n2)C1C. The van der Waals surface area contributed by atoms with E-state index in [1.807, 2.05) is 0 Å². The Morgan fingerprint density at radius 2 is 2.14 bits per heavy atom. The van der Waals surface area contributed by atoms with E-state index in [0.29, 0.717) is 34.7 Å². The van der Waals surface area contributed by atoms with Crippen LogP contribution in [-0.4, -0.2) is 32.9 Å². The summed E-state index contributed by atoms with van der Waals surface area (Å²) in [6, 6.07) is 0.330. The number of hydrogen-bond donors (Lipinski definition) is 2. The van der Waals surface area contributed by atoms with Gasteiger partial charge in [-0.25, -0.2) is 4.98 Å². The van der Waals surface area contributed by atoms with Gasteiger partial charge in [-0.15, -0.1) is 5.10 Å². The fourth-order valence-electron chi connectivity index (χ4n) is 3.03. The summed E-state index contributed by atoms with van der Waals surface area (Å²) in [6.45, 7) is 4.53. The van der Waals surface area contributed by atoms with Crippen molar-refractivity contribution in [3.05, 3.63) is 5.82 Å². The molecule has 0 aliphatic heterocycles. The number of amides is 1. The molecule has 116 valence electrons. The molecule has 2 aliphatic carbocycles. The highest BCUT2D eigenvalue weighted by molar-refractivity contribution is 7.99. The van der Waals surface area contributed by atoms with Crippen LogP contribution in [-0.2, 0) is 4.79 Å². The first-order valence-electron chi connectivity index (χ1n) is 7.98. The largest absolute Gasteiger partial charge is 0.352 e. The Bertz CT molecular complexity index is 500. The maximum absolute atomic E-state index is 12.1. The number of H-pyrrole nitrogens is 1. The molecule has 2 N–H and O–H groups in total. The van der Waals surface area contributed by atoms with E-state index in [1.54, 1.807) is 0 Å². The van der Waals surface area contributed by atoms with Crippen molar-refractivity contribution in [3.8, 4) is 0 Å². The van der Waals surface area contributed by atoms with Crippen LogP contribution in [0.1, 0.15) is 57.7 Å². The number of nitrogens with one attached hydrogen (secondary N) is 2. The minimum absolute atomic E-state index is 0.101. The number of aromatic amines is 1. The van der Waals surface area contributed by atoms with Crippen molar-refractivity contribution in [3.63, 3.8) is 0 Å². The summed E-state index contributed by atoms with van der Waals surface area (Å²) >= 11 is 1.42. The third kappa shape index (κ3) is 3.78. The van der Waals surface area contributed by atoms with Crippen LogP contribution in [0.2, 0.25) is 0 Å². The number of rotatable bonds is 5. The normalized spacial score (nSPS) is 29.3. The molecular weight excluding hydrogens is 284 g/mol. The van der Waals surface area contributed by atoms with Gasteiger partial charge >= 0.3 is 0 Å². The van der Waals surface area contributed by atoms with E-state index in [4.69, 9.17) is 0 Å². The molecule has 0 aromatic carbocycles. The molecular formula is C15H24N4OS. The quantitative estimate of drug-likeness (QED) is 0.821. The van der Waals surface area contributed by atoms with Gasteiger partial charge in [-0.1, -0.05) is 38.5 Å². The molecule has 3 rings (SSSR count). The molecule has 0 bridgehead atoms. The zero-order valence-electron chi connectivity index (χ0n) is 12.8. The molecule has 3 atom stereocenters. The van der Waals surface area contributed by atoms with Crippen LogP contribution in [0.4, 0.5) is 0 Å². The van der Waals surface area contributed by atoms with Gasteiger partial charge in [0.15, 0.2) is 0 Å². The molecule has 2 aliphatic rings. The maximum atomic E-state index is 12.1. The Labute approximate surface area is 130 Å². The first-order valence-corrected chi connectivity index (χ1v) is 8.96. The van der Waals surface area contributed by atoms with Crippen LogP contribution in [0.3, 0.4) is 0 Å². The fraction of sp³-hybridized carbons (Fsp3) is 0.800. The van der Waals surface area contributed by atoms with Crippen LogP contribution >= 0.6 is 11.8 Å². The molecule has 0 saturated heterocycles. The van der Waals surface area contributed by atoms with E-state index in [9.17, 15) is 4.79 Å². The first kappa shape index (κ1) is 14.9. The lowest BCUT2D eigenvalue weighted by Gasteiger charge is -2.34. The third-order valence-electron chi connectivity index (χ3n) is 4.83. The van der Waals surface area contributed by atoms with Gasteiger partial charge in [0.25, 0.3) is 0 Å². The molecule has 21 heavy (non-hydrogen) atoms. The second kappa shape index (κ2) is 6.38. The second-order valence-electron chi connectivity index (χ2n) is 6.51. The van der Waals surface area contributed by atoms with Gasteiger partial charge in [0.2, 0.25) is 11.1 Å². The van der Waals surface area contributed by atoms with Crippen molar-refractivity contribution < 1.29 is 4.79 Å². The molecule has 0 radical (unpaired) electrons. The summed E-state index contributed by atoms with van der Waals surface area (Å²) in [5, 5.41) is 11.0. The number of carbonyl (C=O) groups excluding carboxylic acids is 1. The van der Waals surface area contributed by atoms with Gasteiger partial charge in [-0.3, -0.25) is 9.89 Å². The Morgan fingerprint density at radius 1 is 1.33 bits per heavy atom.